The summed E-state index contributed by atoms with van der Waals surface area (Å²) in [6.07, 6.45) is 6.32. The van der Waals surface area contributed by atoms with E-state index in [0.29, 0.717) is 42.8 Å². The minimum absolute atomic E-state index is 0.0537. The summed E-state index contributed by atoms with van der Waals surface area (Å²) in [6, 6.07) is 7.91. The molecule has 1 aliphatic heterocycles. The molecule has 1 atom stereocenters. The second-order valence-electron chi connectivity index (χ2n) is 9.70. The number of aryl methyl sites for hydroxylation is 1. The molecular formula is C28H31N7O3. The van der Waals surface area contributed by atoms with Crippen LogP contribution in [-0.4, -0.2) is 65.5 Å². The van der Waals surface area contributed by atoms with Crippen LogP contribution in [0.3, 0.4) is 0 Å². The molecule has 10 heteroatoms. The van der Waals surface area contributed by atoms with Crippen LogP contribution in [0.2, 0.25) is 0 Å². The number of aliphatic hydroxyl groups is 1. The second-order valence-corrected chi connectivity index (χ2v) is 9.70. The van der Waals surface area contributed by atoms with E-state index >= 15 is 0 Å². The van der Waals surface area contributed by atoms with E-state index in [1.165, 1.54) is 18.4 Å². The molecule has 196 valence electrons. The summed E-state index contributed by atoms with van der Waals surface area (Å²) in [5.74, 6) is -0.271. The minimum atomic E-state index is -1.04. The Kier molecular flexibility index (Phi) is 6.90. The van der Waals surface area contributed by atoms with Crippen LogP contribution in [0.4, 0.5) is 5.82 Å². The zero-order chi connectivity index (χ0) is 27.0. The van der Waals surface area contributed by atoms with Crippen molar-refractivity contribution >= 4 is 23.2 Å². The van der Waals surface area contributed by atoms with Crippen LogP contribution in [0.25, 0.3) is 28.0 Å². The third-order valence-electron chi connectivity index (χ3n) is 7.16. The number of ketones is 1. The maximum absolute atomic E-state index is 12.7. The first kappa shape index (κ1) is 25.5. The highest BCUT2D eigenvalue weighted by Gasteiger charge is 2.31. The lowest BCUT2D eigenvalue weighted by molar-refractivity contribution is -0.140. The number of nitrogens with zero attached hydrogens (tertiary/aromatic N) is 6. The van der Waals surface area contributed by atoms with Gasteiger partial charge in [0.15, 0.2) is 11.4 Å². The molecule has 0 saturated carbocycles. The highest BCUT2D eigenvalue weighted by molar-refractivity contribution is 6.00. The molecule has 3 N–H and O–H groups in total. The van der Waals surface area contributed by atoms with Crippen molar-refractivity contribution in [1.82, 2.24) is 29.5 Å². The standard InChI is InChI=1S/C28H31N7O3/c1-4-21-13-19(7-10-30-21)23-6-5-20(14-31-23)22-15-32-35-26(29)24(16(2)36)25(33-27(22)35)18-8-11-34(12-9-18)28(38)17(3)37/h5-7,10,13-15,17-18,37H,4,8-9,11-12,29H2,1-3H3/t17-/m1/s1. The van der Waals surface area contributed by atoms with E-state index in [4.69, 9.17) is 10.7 Å². The first-order chi connectivity index (χ1) is 18.3. The van der Waals surface area contributed by atoms with Gasteiger partial charge in [-0.05, 0) is 51.3 Å². The van der Waals surface area contributed by atoms with Crippen LogP contribution in [0.1, 0.15) is 61.3 Å². The number of nitrogens with two attached hydrogens (primary N) is 1. The molecule has 1 aliphatic rings. The van der Waals surface area contributed by atoms with Gasteiger partial charge >= 0.3 is 0 Å². The van der Waals surface area contributed by atoms with E-state index in [1.807, 2.05) is 24.3 Å². The highest BCUT2D eigenvalue weighted by atomic mass is 16.3. The highest BCUT2D eigenvalue weighted by Crippen LogP contribution is 2.35. The lowest BCUT2D eigenvalue weighted by Crippen LogP contribution is -2.42. The summed E-state index contributed by atoms with van der Waals surface area (Å²) >= 11 is 0. The van der Waals surface area contributed by atoms with Gasteiger partial charge in [0.05, 0.1) is 23.1 Å². The quantitative estimate of drug-likeness (QED) is 0.374. The van der Waals surface area contributed by atoms with Crippen LogP contribution < -0.4 is 5.73 Å². The van der Waals surface area contributed by atoms with Gasteiger partial charge in [0.1, 0.15) is 11.9 Å². The molecule has 38 heavy (non-hydrogen) atoms. The van der Waals surface area contributed by atoms with Crippen molar-refractivity contribution in [3.63, 3.8) is 0 Å². The molecule has 4 aromatic heterocycles. The van der Waals surface area contributed by atoms with Crippen molar-refractivity contribution in [2.45, 2.75) is 52.1 Å². The van der Waals surface area contributed by atoms with Crippen LogP contribution in [0, 0.1) is 0 Å². The number of fused-ring (bicyclic) bond motifs is 1. The summed E-state index contributed by atoms with van der Waals surface area (Å²) in [7, 11) is 0. The van der Waals surface area contributed by atoms with Crippen molar-refractivity contribution in [2.75, 3.05) is 18.8 Å². The zero-order valence-electron chi connectivity index (χ0n) is 21.8. The summed E-state index contributed by atoms with van der Waals surface area (Å²) < 4.78 is 1.51. The third-order valence-corrected chi connectivity index (χ3v) is 7.16. The molecule has 0 aromatic carbocycles. The number of aromatic nitrogens is 5. The number of nitrogen functional groups attached to an aromatic ring is 1. The molecule has 1 saturated heterocycles. The van der Waals surface area contributed by atoms with Gasteiger partial charge in [-0.2, -0.15) is 9.61 Å². The molecule has 0 bridgehead atoms. The predicted octanol–water partition coefficient (Wildman–Crippen LogP) is 3.29. The van der Waals surface area contributed by atoms with Gasteiger partial charge in [-0.3, -0.25) is 19.6 Å². The first-order valence-electron chi connectivity index (χ1n) is 12.8. The number of anilines is 1. The Morgan fingerprint density at radius 1 is 1.13 bits per heavy atom. The van der Waals surface area contributed by atoms with E-state index in [2.05, 4.69) is 22.0 Å². The van der Waals surface area contributed by atoms with Gasteiger partial charge in [0.25, 0.3) is 5.91 Å². The predicted molar refractivity (Wildman–Crippen MR) is 143 cm³/mol. The number of pyridine rings is 2. The summed E-state index contributed by atoms with van der Waals surface area (Å²) in [4.78, 5) is 40.5. The second kappa shape index (κ2) is 10.3. The van der Waals surface area contributed by atoms with Crippen LogP contribution in [-0.2, 0) is 11.2 Å². The van der Waals surface area contributed by atoms with E-state index in [0.717, 1.165) is 34.5 Å². The number of piperidine rings is 1. The lowest BCUT2D eigenvalue weighted by atomic mass is 9.89. The fraction of sp³-hybridized carbons (Fsp3) is 0.357. The Bertz CT molecular complexity index is 1500. The van der Waals surface area contributed by atoms with Crippen LogP contribution in [0.15, 0.2) is 42.9 Å². The molecule has 4 aromatic rings. The number of rotatable bonds is 6. The molecule has 1 amide bonds. The Morgan fingerprint density at radius 3 is 2.53 bits per heavy atom. The SMILES string of the molecule is CCc1cc(-c2ccc(-c3cnn4c(N)c(C(C)=O)c(C5CCN(C(=O)[C@@H](C)O)CC5)nc34)cn2)ccn1. The summed E-state index contributed by atoms with van der Waals surface area (Å²) in [5.41, 5.74) is 12.5. The third kappa shape index (κ3) is 4.63. The average Bonchev–Trinajstić information content (AvgIpc) is 3.37. The first-order valence-corrected chi connectivity index (χ1v) is 12.8. The van der Waals surface area contributed by atoms with Crippen molar-refractivity contribution in [3.8, 4) is 22.4 Å². The van der Waals surface area contributed by atoms with E-state index in [-0.39, 0.29) is 23.4 Å². The topological polar surface area (TPSA) is 140 Å². The number of carbonyl (C=O) groups excluding carboxylic acids is 2. The number of aliphatic hydroxyl groups excluding tert-OH is 1. The van der Waals surface area contributed by atoms with Gasteiger partial charge < -0.3 is 15.7 Å². The van der Waals surface area contributed by atoms with Crippen LogP contribution in [0.5, 0.6) is 0 Å². The van der Waals surface area contributed by atoms with Crippen molar-refractivity contribution < 1.29 is 14.7 Å². The molecule has 5 rings (SSSR count). The normalized spacial score (nSPS) is 15.1. The van der Waals surface area contributed by atoms with E-state index < -0.39 is 6.10 Å². The Labute approximate surface area is 220 Å². The Hall–Kier alpha value is -4.18. The zero-order valence-corrected chi connectivity index (χ0v) is 21.8. The molecule has 0 unspecified atom stereocenters. The van der Waals surface area contributed by atoms with Gasteiger partial charge in [-0.15, -0.1) is 0 Å². The minimum Gasteiger partial charge on any atom is -0.384 e. The van der Waals surface area contributed by atoms with Gasteiger partial charge in [-0.1, -0.05) is 13.0 Å². The molecule has 5 heterocycles. The van der Waals surface area contributed by atoms with Crippen molar-refractivity contribution in [2.24, 2.45) is 0 Å². The molecule has 10 nitrogen and oxygen atoms in total. The number of likely N-dealkylation sites (tertiary alicyclic amines) is 1. The fourth-order valence-electron chi connectivity index (χ4n) is 5.09. The Morgan fingerprint density at radius 2 is 1.89 bits per heavy atom. The molecule has 0 spiro atoms. The van der Waals surface area contributed by atoms with Gasteiger partial charge in [0.2, 0.25) is 0 Å². The number of hydrogen-bond donors (Lipinski definition) is 2. The number of carbonyl (C=O) groups is 2. The number of amides is 1. The van der Waals surface area contributed by atoms with Crippen molar-refractivity contribution in [3.05, 3.63) is 59.8 Å². The van der Waals surface area contributed by atoms with Gasteiger partial charge in [-0.25, -0.2) is 4.98 Å². The molecule has 0 radical (unpaired) electrons. The maximum atomic E-state index is 12.7. The van der Waals surface area contributed by atoms with Crippen LogP contribution >= 0.6 is 0 Å². The molecule has 1 fully saturated rings. The monoisotopic (exact) mass is 513 g/mol. The summed E-state index contributed by atoms with van der Waals surface area (Å²) in [5, 5.41) is 14.1. The van der Waals surface area contributed by atoms with E-state index in [9.17, 15) is 14.7 Å². The smallest absolute Gasteiger partial charge is 0.251 e. The molecule has 0 aliphatic carbocycles. The lowest BCUT2D eigenvalue weighted by Gasteiger charge is -2.33. The maximum Gasteiger partial charge on any atom is 0.251 e. The molecular weight excluding hydrogens is 482 g/mol. The average molecular weight is 514 g/mol. The fourth-order valence-corrected chi connectivity index (χ4v) is 5.09. The number of Topliss-reactive ketones (excluding diaryl/α,β-unsaturated/α-hetero) is 1. The summed E-state index contributed by atoms with van der Waals surface area (Å²) in [6.45, 7) is 5.97. The van der Waals surface area contributed by atoms with Gasteiger partial charge in [0, 0.05) is 53.8 Å². The Balaban J connectivity index is 1.51. The number of hydrogen-bond acceptors (Lipinski definition) is 8. The van der Waals surface area contributed by atoms with E-state index in [1.54, 1.807) is 23.5 Å². The van der Waals surface area contributed by atoms with Crippen molar-refractivity contribution in [1.29, 1.82) is 0 Å². The largest absolute Gasteiger partial charge is 0.384 e.